The second kappa shape index (κ2) is 3.98. The smallest absolute Gasteiger partial charge is 0.00414 e. The lowest BCUT2D eigenvalue weighted by Crippen LogP contribution is -1.90. The third-order valence-corrected chi connectivity index (χ3v) is 1.88. The van der Waals surface area contributed by atoms with E-state index in [1.54, 1.807) is 11.9 Å². The molecule has 0 aliphatic heterocycles. The van der Waals surface area contributed by atoms with E-state index in [1.165, 1.54) is 10.5 Å². The van der Waals surface area contributed by atoms with Gasteiger partial charge >= 0.3 is 0 Å². The van der Waals surface area contributed by atoms with Crippen molar-refractivity contribution in [3.63, 3.8) is 0 Å². The van der Waals surface area contributed by atoms with Gasteiger partial charge < -0.3 is 0 Å². The molecule has 0 radical (unpaired) electrons. The lowest BCUT2D eigenvalue weighted by atomic mass is 10.3. The van der Waals surface area contributed by atoms with Crippen LogP contribution in [0, 0.1) is 0 Å². The minimum absolute atomic E-state index is 1.35. The summed E-state index contributed by atoms with van der Waals surface area (Å²) in [6.07, 6.45) is 0. The molecule has 0 saturated carbocycles. The lowest BCUT2D eigenvalue weighted by molar-refractivity contribution is 1.28. The van der Waals surface area contributed by atoms with Gasteiger partial charge in [0.05, 0.1) is 0 Å². The SMILES string of the molecule is CNSC(C)=C(C)C. The van der Waals surface area contributed by atoms with Gasteiger partial charge in [-0.3, -0.25) is 4.72 Å². The standard InChI is InChI=1S/C6H13NS/c1-5(2)6(3)8-7-4/h7H,1-4H3. The Labute approximate surface area is 55.7 Å². The third-order valence-electron chi connectivity index (χ3n) is 0.959. The zero-order valence-corrected chi connectivity index (χ0v) is 6.72. The van der Waals surface area contributed by atoms with Crippen molar-refractivity contribution in [3.05, 3.63) is 10.5 Å². The molecule has 0 amide bonds. The molecule has 0 unspecified atom stereocenters. The highest BCUT2D eigenvalue weighted by atomic mass is 32.2. The molecule has 8 heavy (non-hydrogen) atoms. The van der Waals surface area contributed by atoms with Gasteiger partial charge in [-0.15, -0.1) is 0 Å². The van der Waals surface area contributed by atoms with E-state index in [1.807, 2.05) is 7.05 Å². The van der Waals surface area contributed by atoms with E-state index in [9.17, 15) is 0 Å². The van der Waals surface area contributed by atoms with Crippen LogP contribution in [0.15, 0.2) is 10.5 Å². The van der Waals surface area contributed by atoms with Gasteiger partial charge in [0.15, 0.2) is 0 Å². The summed E-state index contributed by atoms with van der Waals surface area (Å²) in [6, 6.07) is 0. The maximum Gasteiger partial charge on any atom is -0.00414 e. The molecule has 48 valence electrons. The van der Waals surface area contributed by atoms with E-state index in [4.69, 9.17) is 0 Å². The summed E-state index contributed by atoms with van der Waals surface area (Å²) in [5, 5.41) is 0. The quantitative estimate of drug-likeness (QED) is 0.576. The molecule has 0 atom stereocenters. The first-order valence-corrected chi connectivity index (χ1v) is 3.47. The first kappa shape index (κ1) is 8.05. The van der Waals surface area contributed by atoms with Crippen LogP contribution in [0.2, 0.25) is 0 Å². The number of nitrogens with one attached hydrogen (secondary N) is 1. The fourth-order valence-corrected chi connectivity index (χ4v) is 0.765. The van der Waals surface area contributed by atoms with Crippen LogP contribution in [0.25, 0.3) is 0 Å². The van der Waals surface area contributed by atoms with Gasteiger partial charge in [-0.25, -0.2) is 0 Å². The Kier molecular flexibility index (Phi) is 4.01. The Morgan fingerprint density at radius 2 is 1.75 bits per heavy atom. The molecule has 0 aromatic heterocycles. The zero-order chi connectivity index (χ0) is 6.57. The van der Waals surface area contributed by atoms with Crippen molar-refractivity contribution in [2.75, 3.05) is 7.05 Å². The predicted molar refractivity (Wildman–Crippen MR) is 40.7 cm³/mol. The van der Waals surface area contributed by atoms with E-state index in [0.29, 0.717) is 0 Å². The first-order valence-electron chi connectivity index (χ1n) is 2.66. The normalized spacial score (nSPS) is 9.00. The minimum atomic E-state index is 1.35. The summed E-state index contributed by atoms with van der Waals surface area (Å²) < 4.78 is 3.01. The molecule has 0 rings (SSSR count). The molecular formula is C6H13NS. The van der Waals surface area contributed by atoms with Crippen molar-refractivity contribution >= 4 is 11.9 Å². The molecule has 0 saturated heterocycles. The van der Waals surface area contributed by atoms with Gasteiger partial charge in [-0.05, 0) is 32.7 Å². The predicted octanol–water partition coefficient (Wildman–Crippen LogP) is 2.17. The molecule has 0 spiro atoms. The second-order valence-corrected chi connectivity index (χ2v) is 3.09. The highest BCUT2D eigenvalue weighted by Crippen LogP contribution is 2.13. The van der Waals surface area contributed by atoms with Crippen LogP contribution in [-0.2, 0) is 0 Å². The van der Waals surface area contributed by atoms with E-state index in [-0.39, 0.29) is 0 Å². The number of hydrogen-bond donors (Lipinski definition) is 1. The highest BCUT2D eigenvalue weighted by Gasteiger charge is 1.87. The Hall–Kier alpha value is 0.0500. The maximum absolute atomic E-state index is 3.01. The molecule has 0 aromatic rings. The topological polar surface area (TPSA) is 12.0 Å². The number of rotatable bonds is 2. The monoisotopic (exact) mass is 131 g/mol. The summed E-state index contributed by atoms with van der Waals surface area (Å²) in [4.78, 5) is 1.35. The molecule has 0 aliphatic rings. The average Bonchev–Trinajstić information content (AvgIpc) is 1.67. The van der Waals surface area contributed by atoms with Crippen LogP contribution < -0.4 is 4.72 Å². The second-order valence-electron chi connectivity index (χ2n) is 1.86. The van der Waals surface area contributed by atoms with E-state index in [0.717, 1.165) is 0 Å². The van der Waals surface area contributed by atoms with Crippen molar-refractivity contribution in [2.24, 2.45) is 0 Å². The summed E-state index contributed by atoms with van der Waals surface area (Å²) in [5.41, 5.74) is 1.38. The van der Waals surface area contributed by atoms with Crippen molar-refractivity contribution < 1.29 is 0 Å². The average molecular weight is 131 g/mol. The molecular weight excluding hydrogens is 118 g/mol. The van der Waals surface area contributed by atoms with Gasteiger partial charge in [0.25, 0.3) is 0 Å². The van der Waals surface area contributed by atoms with Gasteiger partial charge in [0.2, 0.25) is 0 Å². The number of allylic oxidation sites excluding steroid dienone is 2. The first-order chi connectivity index (χ1) is 3.68. The van der Waals surface area contributed by atoms with Crippen LogP contribution in [0.4, 0.5) is 0 Å². The fourth-order valence-electron chi connectivity index (χ4n) is 0.255. The Balaban J connectivity index is 3.62. The third kappa shape index (κ3) is 3.10. The highest BCUT2D eigenvalue weighted by molar-refractivity contribution is 8.01. The molecule has 0 aromatic carbocycles. The van der Waals surface area contributed by atoms with E-state index < -0.39 is 0 Å². The molecule has 1 N–H and O–H groups in total. The lowest BCUT2D eigenvalue weighted by Gasteiger charge is -1.98. The van der Waals surface area contributed by atoms with Crippen LogP contribution in [-0.4, -0.2) is 7.05 Å². The van der Waals surface area contributed by atoms with Crippen molar-refractivity contribution in [2.45, 2.75) is 20.8 Å². The molecule has 0 fully saturated rings. The van der Waals surface area contributed by atoms with Crippen LogP contribution in [0.3, 0.4) is 0 Å². The maximum atomic E-state index is 3.01. The Bertz CT molecular complexity index is 92.7. The van der Waals surface area contributed by atoms with Crippen molar-refractivity contribution in [3.8, 4) is 0 Å². The summed E-state index contributed by atoms with van der Waals surface area (Å²) in [7, 11) is 1.93. The van der Waals surface area contributed by atoms with E-state index in [2.05, 4.69) is 25.5 Å². The summed E-state index contributed by atoms with van der Waals surface area (Å²) in [5.74, 6) is 0. The zero-order valence-electron chi connectivity index (χ0n) is 5.91. The van der Waals surface area contributed by atoms with Gasteiger partial charge in [0, 0.05) is 0 Å². The Morgan fingerprint density at radius 1 is 1.25 bits per heavy atom. The van der Waals surface area contributed by atoms with Gasteiger partial charge in [-0.1, -0.05) is 17.5 Å². The minimum Gasteiger partial charge on any atom is -0.263 e. The van der Waals surface area contributed by atoms with Crippen LogP contribution in [0.1, 0.15) is 20.8 Å². The number of hydrogen-bond acceptors (Lipinski definition) is 2. The summed E-state index contributed by atoms with van der Waals surface area (Å²) >= 11 is 1.67. The molecule has 2 heteroatoms. The van der Waals surface area contributed by atoms with Crippen LogP contribution >= 0.6 is 11.9 Å². The largest absolute Gasteiger partial charge is 0.263 e. The molecule has 0 heterocycles. The molecule has 1 nitrogen and oxygen atoms in total. The molecule has 0 aliphatic carbocycles. The van der Waals surface area contributed by atoms with Gasteiger partial charge in [0.1, 0.15) is 0 Å². The van der Waals surface area contributed by atoms with Gasteiger partial charge in [-0.2, -0.15) is 0 Å². The van der Waals surface area contributed by atoms with Crippen molar-refractivity contribution in [1.29, 1.82) is 0 Å². The molecule has 0 bridgehead atoms. The fraction of sp³-hybridized carbons (Fsp3) is 0.667. The Morgan fingerprint density at radius 3 is 1.88 bits per heavy atom. The van der Waals surface area contributed by atoms with Crippen LogP contribution in [0.5, 0.6) is 0 Å². The summed E-state index contributed by atoms with van der Waals surface area (Å²) in [6.45, 7) is 6.33. The van der Waals surface area contributed by atoms with Crippen molar-refractivity contribution in [1.82, 2.24) is 4.72 Å². The van der Waals surface area contributed by atoms with E-state index >= 15 is 0 Å².